The smallest absolute Gasteiger partial charge is 0.406 e. The minimum absolute atomic E-state index is 0.126. The van der Waals surface area contributed by atoms with Crippen LogP contribution in [0, 0.1) is 5.41 Å². The van der Waals surface area contributed by atoms with Crippen LogP contribution in [0.3, 0.4) is 0 Å². The van der Waals surface area contributed by atoms with E-state index in [0.29, 0.717) is 0 Å². The summed E-state index contributed by atoms with van der Waals surface area (Å²) in [5, 5.41) is 0.870. The summed E-state index contributed by atoms with van der Waals surface area (Å²) < 4.78 is 40.0. The van der Waals surface area contributed by atoms with Crippen molar-refractivity contribution >= 4 is 15.9 Å². The molecule has 0 aromatic heterocycles. The van der Waals surface area contributed by atoms with Gasteiger partial charge in [-0.05, 0) is 36.0 Å². The van der Waals surface area contributed by atoms with Crippen LogP contribution in [-0.4, -0.2) is 11.7 Å². The van der Waals surface area contributed by atoms with Gasteiger partial charge in [0.25, 0.3) is 0 Å². The molecule has 0 saturated carbocycles. The summed E-state index contributed by atoms with van der Waals surface area (Å²) in [6, 6.07) is 6.11. The highest BCUT2D eigenvalue weighted by Crippen LogP contribution is 2.31. The molecule has 1 atom stereocenters. The molecule has 1 nitrogen and oxygen atoms in total. The molecular weight excluding hydrogens is 321 g/mol. The monoisotopic (exact) mass is 338 g/mol. The maximum Gasteiger partial charge on any atom is 0.573 e. The van der Waals surface area contributed by atoms with Gasteiger partial charge in [-0.3, -0.25) is 0 Å². The third kappa shape index (κ3) is 5.85. The van der Waals surface area contributed by atoms with E-state index < -0.39 is 6.36 Å². The third-order valence-electron chi connectivity index (χ3n) is 2.96. The van der Waals surface area contributed by atoms with Crippen LogP contribution in [0.25, 0.3) is 0 Å². The van der Waals surface area contributed by atoms with Gasteiger partial charge in [0.2, 0.25) is 0 Å². The van der Waals surface area contributed by atoms with E-state index in [2.05, 4.69) is 34.5 Å². The molecular formula is C14H18BrF3O. The van der Waals surface area contributed by atoms with Crippen molar-refractivity contribution in [3.63, 3.8) is 0 Å². The van der Waals surface area contributed by atoms with Gasteiger partial charge < -0.3 is 4.74 Å². The molecule has 5 heteroatoms. The maximum atomic E-state index is 12.0. The highest BCUT2D eigenvalue weighted by atomic mass is 79.9. The Bertz CT molecular complexity index is 389. The summed E-state index contributed by atoms with van der Waals surface area (Å²) in [5.74, 6) is -0.174. The van der Waals surface area contributed by atoms with E-state index in [1.54, 1.807) is 12.1 Å². The van der Waals surface area contributed by atoms with Crippen LogP contribution in [0.4, 0.5) is 13.2 Å². The molecule has 0 aliphatic heterocycles. The van der Waals surface area contributed by atoms with Crippen molar-refractivity contribution in [2.24, 2.45) is 5.41 Å². The van der Waals surface area contributed by atoms with Gasteiger partial charge in [0.05, 0.1) is 0 Å². The summed E-state index contributed by atoms with van der Waals surface area (Å²) in [4.78, 5) is 0. The summed E-state index contributed by atoms with van der Waals surface area (Å²) in [6.45, 7) is 4.30. The van der Waals surface area contributed by atoms with Crippen LogP contribution >= 0.6 is 15.9 Å². The molecule has 1 aromatic rings. The topological polar surface area (TPSA) is 9.23 Å². The number of hydrogen-bond donors (Lipinski definition) is 0. The maximum absolute atomic E-state index is 12.0. The van der Waals surface area contributed by atoms with E-state index in [9.17, 15) is 13.2 Å². The van der Waals surface area contributed by atoms with E-state index >= 15 is 0 Å². The summed E-state index contributed by atoms with van der Waals surface area (Å²) in [7, 11) is 0. The van der Waals surface area contributed by atoms with Crippen molar-refractivity contribution < 1.29 is 17.9 Å². The van der Waals surface area contributed by atoms with E-state index in [4.69, 9.17) is 0 Å². The highest BCUT2D eigenvalue weighted by molar-refractivity contribution is 9.09. The van der Waals surface area contributed by atoms with E-state index in [0.717, 1.165) is 30.2 Å². The molecule has 19 heavy (non-hydrogen) atoms. The number of ether oxygens (including phenoxy) is 1. The molecule has 1 unspecified atom stereocenters. The third-order valence-corrected chi connectivity index (χ3v) is 4.32. The normalized spacial score (nSPS) is 15.1. The Morgan fingerprint density at radius 3 is 2.16 bits per heavy atom. The van der Waals surface area contributed by atoms with E-state index in [-0.39, 0.29) is 11.2 Å². The van der Waals surface area contributed by atoms with Gasteiger partial charge in [0, 0.05) is 5.33 Å². The van der Waals surface area contributed by atoms with Gasteiger partial charge in [-0.25, -0.2) is 0 Å². The second-order valence-electron chi connectivity index (χ2n) is 5.06. The first-order valence-electron chi connectivity index (χ1n) is 6.19. The number of benzene rings is 1. The fraction of sp³-hybridized carbons (Fsp3) is 0.571. The predicted octanol–water partition coefficient (Wildman–Crippen LogP) is 5.33. The molecule has 108 valence electrons. The quantitative estimate of drug-likeness (QED) is 0.637. The largest absolute Gasteiger partial charge is 0.573 e. The highest BCUT2D eigenvalue weighted by Gasteiger charge is 2.31. The minimum Gasteiger partial charge on any atom is -0.406 e. The standard InChI is InChI=1S/C14H18BrF3O/c1-3-8-13(2,10-15)9-11-4-6-12(7-5-11)19-14(16,17)18/h4-7H,3,8-10H2,1-2H3. The van der Waals surface area contributed by atoms with Crippen LogP contribution in [-0.2, 0) is 6.42 Å². The first kappa shape index (κ1) is 16.3. The van der Waals surface area contributed by atoms with E-state index in [1.165, 1.54) is 12.1 Å². The second kappa shape index (κ2) is 6.64. The fourth-order valence-electron chi connectivity index (χ4n) is 2.11. The molecule has 1 rings (SSSR count). The fourth-order valence-corrected chi connectivity index (χ4v) is 2.59. The van der Waals surface area contributed by atoms with Crippen molar-refractivity contribution in [3.8, 4) is 5.75 Å². The number of rotatable bonds is 6. The number of hydrogen-bond acceptors (Lipinski definition) is 1. The lowest BCUT2D eigenvalue weighted by Gasteiger charge is -2.27. The molecule has 0 bridgehead atoms. The molecule has 0 aliphatic carbocycles. The molecule has 0 aliphatic rings. The zero-order valence-electron chi connectivity index (χ0n) is 11.1. The van der Waals surface area contributed by atoms with Crippen LogP contribution in [0.15, 0.2) is 24.3 Å². The average molecular weight is 339 g/mol. The van der Waals surface area contributed by atoms with Gasteiger partial charge in [0.15, 0.2) is 0 Å². The SMILES string of the molecule is CCCC(C)(CBr)Cc1ccc(OC(F)(F)F)cc1. The van der Waals surface area contributed by atoms with Crippen LogP contribution in [0.1, 0.15) is 32.3 Å². The molecule has 0 saturated heterocycles. The van der Waals surface area contributed by atoms with Gasteiger partial charge in [-0.15, -0.1) is 13.2 Å². The first-order valence-corrected chi connectivity index (χ1v) is 7.31. The second-order valence-corrected chi connectivity index (χ2v) is 5.62. The molecule has 0 N–H and O–H groups in total. The van der Waals surface area contributed by atoms with Crippen molar-refractivity contribution in [2.75, 3.05) is 5.33 Å². The summed E-state index contributed by atoms with van der Waals surface area (Å²) >= 11 is 3.51. The van der Waals surface area contributed by atoms with Gasteiger partial charge >= 0.3 is 6.36 Å². The molecule has 0 fully saturated rings. The minimum atomic E-state index is -4.63. The zero-order chi connectivity index (χ0) is 14.5. The van der Waals surface area contributed by atoms with Crippen LogP contribution in [0.5, 0.6) is 5.75 Å². The Labute approximate surface area is 120 Å². The number of alkyl halides is 4. The lowest BCUT2D eigenvalue weighted by atomic mass is 9.82. The van der Waals surface area contributed by atoms with Gasteiger partial charge in [-0.1, -0.05) is 48.3 Å². The van der Waals surface area contributed by atoms with Gasteiger partial charge in [0.1, 0.15) is 5.75 Å². The lowest BCUT2D eigenvalue weighted by Crippen LogP contribution is -2.21. The molecule has 0 radical (unpaired) electrons. The Balaban J connectivity index is 2.71. The first-order chi connectivity index (χ1) is 8.78. The summed E-state index contributed by atoms with van der Waals surface area (Å²) in [6.07, 6.45) is -1.65. The molecule has 1 aromatic carbocycles. The molecule has 0 amide bonds. The number of halogens is 4. The van der Waals surface area contributed by atoms with Crippen molar-refractivity contribution in [1.29, 1.82) is 0 Å². The van der Waals surface area contributed by atoms with Crippen molar-refractivity contribution in [3.05, 3.63) is 29.8 Å². The van der Waals surface area contributed by atoms with Crippen molar-refractivity contribution in [2.45, 2.75) is 39.5 Å². The Kier molecular flexibility index (Phi) is 5.71. The zero-order valence-corrected chi connectivity index (χ0v) is 12.6. The Morgan fingerprint density at radius 2 is 1.74 bits per heavy atom. The average Bonchev–Trinajstić information content (AvgIpc) is 2.30. The van der Waals surface area contributed by atoms with Crippen LogP contribution < -0.4 is 4.74 Å². The Morgan fingerprint density at radius 1 is 1.16 bits per heavy atom. The van der Waals surface area contributed by atoms with Crippen molar-refractivity contribution in [1.82, 2.24) is 0 Å². The van der Waals surface area contributed by atoms with Gasteiger partial charge in [-0.2, -0.15) is 0 Å². The summed E-state index contributed by atoms with van der Waals surface area (Å²) in [5.41, 5.74) is 1.14. The van der Waals surface area contributed by atoms with Crippen LogP contribution in [0.2, 0.25) is 0 Å². The van der Waals surface area contributed by atoms with E-state index in [1.807, 2.05) is 0 Å². The lowest BCUT2D eigenvalue weighted by molar-refractivity contribution is -0.274. The molecule has 0 spiro atoms. The Hall–Kier alpha value is -0.710. The predicted molar refractivity (Wildman–Crippen MR) is 73.6 cm³/mol. The molecule has 0 heterocycles.